The molecule has 2 aromatic rings. The third kappa shape index (κ3) is 4.51. The Morgan fingerprint density at radius 1 is 1.30 bits per heavy atom. The summed E-state index contributed by atoms with van der Waals surface area (Å²) >= 11 is 0. The second-order valence-corrected chi connectivity index (χ2v) is 10.6. The van der Waals surface area contributed by atoms with Crippen LogP contribution in [0.15, 0.2) is 42.5 Å². The number of carbonyl (C=O) groups is 1. The number of sulfonamides is 1. The second-order valence-electron chi connectivity index (χ2n) is 8.83. The van der Waals surface area contributed by atoms with Crippen LogP contribution in [0.2, 0.25) is 0 Å². The van der Waals surface area contributed by atoms with Crippen molar-refractivity contribution in [1.82, 2.24) is 9.62 Å². The molecule has 2 heterocycles. The molecule has 0 radical (unpaired) electrons. The van der Waals surface area contributed by atoms with Gasteiger partial charge in [0, 0.05) is 24.4 Å². The molecule has 0 unspecified atom stereocenters. The standard InChI is InChI=1S/C23H25F3N2O4S/c1-13(29)22(30)28-17-11-23(26,12-17)21(27-33(2,31)32)19(28)9-15-8-16(24)10-18(20(15)25)14-6-4-3-5-7-14/h3-8,10,13,17,19,21,27,29H,9,11-12H2,1-2H3/t13-,17?,19+,21-,23?/m1/s1/i13D. The van der Waals surface area contributed by atoms with Crippen LogP contribution >= 0.6 is 0 Å². The maximum atomic E-state index is 15.6. The van der Waals surface area contributed by atoms with Crippen LogP contribution < -0.4 is 4.72 Å². The number of hydrogen-bond donors (Lipinski definition) is 2. The van der Waals surface area contributed by atoms with Gasteiger partial charge in [0.1, 0.15) is 23.4 Å². The topological polar surface area (TPSA) is 86.7 Å². The number of hydrogen-bond acceptors (Lipinski definition) is 4. The van der Waals surface area contributed by atoms with E-state index in [-0.39, 0.29) is 24.0 Å². The number of benzene rings is 2. The maximum absolute atomic E-state index is 15.6. The van der Waals surface area contributed by atoms with Crippen LogP contribution in [-0.2, 0) is 21.2 Å². The fraction of sp³-hybridized carbons (Fsp3) is 0.435. The molecule has 10 heteroatoms. The maximum Gasteiger partial charge on any atom is 0.251 e. The minimum Gasteiger partial charge on any atom is -0.384 e. The summed E-state index contributed by atoms with van der Waals surface area (Å²) in [5.74, 6) is -2.61. The molecule has 0 aromatic heterocycles. The van der Waals surface area contributed by atoms with Crippen molar-refractivity contribution in [2.75, 3.05) is 6.26 Å². The molecule has 3 aliphatic rings. The Balaban J connectivity index is 1.80. The van der Waals surface area contributed by atoms with Crippen molar-refractivity contribution in [2.45, 2.75) is 56.1 Å². The number of nitrogens with one attached hydrogen (secondary N) is 1. The zero-order valence-corrected chi connectivity index (χ0v) is 18.9. The average molecular weight is 484 g/mol. The molecule has 2 N–H and O–H groups in total. The van der Waals surface area contributed by atoms with Gasteiger partial charge < -0.3 is 10.0 Å². The normalized spacial score (nSPS) is 29.1. The van der Waals surface area contributed by atoms with Crippen molar-refractivity contribution in [3.63, 3.8) is 0 Å². The number of fused-ring (bicyclic) bond motifs is 2. The lowest BCUT2D eigenvalue weighted by molar-refractivity contribution is -0.174. The van der Waals surface area contributed by atoms with Crippen LogP contribution in [-0.4, -0.2) is 60.5 Å². The second kappa shape index (κ2) is 8.41. The number of alkyl halides is 1. The molecule has 2 bridgehead atoms. The van der Waals surface area contributed by atoms with Gasteiger partial charge in [0.15, 0.2) is 0 Å². The van der Waals surface area contributed by atoms with Crippen molar-refractivity contribution in [3.05, 3.63) is 59.7 Å². The number of halogens is 3. The number of nitrogens with zero attached hydrogens (tertiary/aromatic N) is 1. The molecule has 0 spiro atoms. The summed E-state index contributed by atoms with van der Waals surface area (Å²) in [5, 5.41) is 10.0. The molecule has 3 fully saturated rings. The van der Waals surface area contributed by atoms with Gasteiger partial charge in [0.05, 0.1) is 19.7 Å². The summed E-state index contributed by atoms with van der Waals surface area (Å²) in [4.78, 5) is 14.0. The largest absolute Gasteiger partial charge is 0.384 e. The SMILES string of the molecule is [2H][C@](C)(O)C(=O)N1C2CC(F)(C2)[C@H](NS(C)(=O)=O)[C@@H]1Cc1cc(F)cc(-c2ccccc2)c1F. The van der Waals surface area contributed by atoms with E-state index >= 15 is 8.78 Å². The molecule has 2 aromatic carbocycles. The van der Waals surface area contributed by atoms with Gasteiger partial charge in [-0.1, -0.05) is 30.3 Å². The first-order valence-electron chi connectivity index (χ1n) is 10.9. The van der Waals surface area contributed by atoms with E-state index < -0.39 is 63.9 Å². The van der Waals surface area contributed by atoms with E-state index in [0.29, 0.717) is 5.56 Å². The van der Waals surface area contributed by atoms with Crippen LogP contribution in [0.3, 0.4) is 0 Å². The lowest BCUT2D eigenvalue weighted by Crippen LogP contribution is -2.77. The van der Waals surface area contributed by atoms with Crippen molar-refractivity contribution in [2.24, 2.45) is 0 Å². The number of piperidine rings is 2. The Labute approximate surface area is 191 Å². The molecule has 2 saturated heterocycles. The predicted octanol–water partition coefficient (Wildman–Crippen LogP) is 2.55. The predicted molar refractivity (Wildman–Crippen MR) is 116 cm³/mol. The molecule has 33 heavy (non-hydrogen) atoms. The first kappa shape index (κ1) is 22.4. The van der Waals surface area contributed by atoms with E-state index in [4.69, 9.17) is 1.37 Å². The van der Waals surface area contributed by atoms with Gasteiger partial charge in [0.25, 0.3) is 5.91 Å². The number of amides is 1. The number of rotatable bonds is 6. The molecule has 1 amide bonds. The zero-order chi connectivity index (χ0) is 25.1. The van der Waals surface area contributed by atoms with Crippen molar-refractivity contribution in [1.29, 1.82) is 0 Å². The molecular formula is C23H25F3N2O4S. The van der Waals surface area contributed by atoms with Gasteiger partial charge in [-0.15, -0.1) is 0 Å². The lowest BCUT2D eigenvalue weighted by atomic mass is 9.64. The molecule has 3 atom stereocenters. The van der Waals surface area contributed by atoms with E-state index in [1.54, 1.807) is 30.3 Å². The molecule has 5 rings (SSSR count). The van der Waals surface area contributed by atoms with Gasteiger partial charge in [-0.2, -0.15) is 0 Å². The van der Waals surface area contributed by atoms with Gasteiger partial charge in [-0.25, -0.2) is 26.3 Å². The summed E-state index contributed by atoms with van der Waals surface area (Å²) in [7, 11) is -3.95. The Morgan fingerprint density at radius 3 is 2.52 bits per heavy atom. The quantitative estimate of drug-likeness (QED) is 0.661. The van der Waals surface area contributed by atoms with Crippen LogP contribution in [0.1, 0.15) is 26.7 Å². The zero-order valence-electron chi connectivity index (χ0n) is 19.1. The van der Waals surface area contributed by atoms with Gasteiger partial charge in [-0.3, -0.25) is 4.79 Å². The average Bonchev–Trinajstić information content (AvgIpc) is 2.70. The van der Waals surface area contributed by atoms with Crippen molar-refractivity contribution in [3.8, 4) is 11.1 Å². The van der Waals surface area contributed by atoms with Gasteiger partial charge >= 0.3 is 0 Å². The van der Waals surface area contributed by atoms with Gasteiger partial charge in [0.2, 0.25) is 10.0 Å². The van der Waals surface area contributed by atoms with Crippen LogP contribution in [0.4, 0.5) is 13.2 Å². The Hall–Kier alpha value is -2.43. The Morgan fingerprint density at radius 2 is 1.94 bits per heavy atom. The molecule has 2 aliphatic heterocycles. The van der Waals surface area contributed by atoms with E-state index in [2.05, 4.69) is 4.72 Å². The number of carbonyl (C=O) groups excluding carboxylic acids is 1. The Bertz CT molecular complexity index is 1210. The van der Waals surface area contributed by atoms with Crippen molar-refractivity contribution < 1.29 is 32.9 Å². The highest BCUT2D eigenvalue weighted by atomic mass is 32.2. The summed E-state index contributed by atoms with van der Waals surface area (Å²) in [6, 6.07) is 6.69. The fourth-order valence-corrected chi connectivity index (χ4v) is 5.76. The van der Waals surface area contributed by atoms with Crippen LogP contribution in [0.25, 0.3) is 11.1 Å². The smallest absolute Gasteiger partial charge is 0.251 e. The third-order valence-electron chi connectivity index (χ3n) is 6.35. The van der Waals surface area contributed by atoms with Gasteiger partial charge in [-0.05, 0) is 36.6 Å². The van der Waals surface area contributed by atoms with Crippen LogP contribution in [0.5, 0.6) is 0 Å². The first-order chi connectivity index (χ1) is 15.7. The summed E-state index contributed by atoms with van der Waals surface area (Å²) < 4.78 is 79.7. The molecular weight excluding hydrogens is 457 g/mol. The van der Waals surface area contributed by atoms with Crippen molar-refractivity contribution >= 4 is 15.9 Å². The minimum atomic E-state index is -3.95. The van der Waals surface area contributed by atoms with E-state index in [1.165, 1.54) is 0 Å². The lowest BCUT2D eigenvalue weighted by Gasteiger charge is -2.61. The molecule has 1 aliphatic carbocycles. The first-order valence-corrected chi connectivity index (χ1v) is 12.3. The highest BCUT2D eigenvalue weighted by molar-refractivity contribution is 7.88. The number of aliphatic hydroxyl groups is 1. The minimum absolute atomic E-state index is 0.0375. The van der Waals surface area contributed by atoms with Crippen LogP contribution in [0, 0.1) is 11.6 Å². The molecule has 178 valence electrons. The highest BCUT2D eigenvalue weighted by Gasteiger charge is 2.63. The molecule has 6 nitrogen and oxygen atoms in total. The third-order valence-corrected chi connectivity index (χ3v) is 7.04. The fourth-order valence-electron chi connectivity index (χ4n) is 4.93. The van der Waals surface area contributed by atoms with E-state index in [1.807, 2.05) is 0 Å². The summed E-state index contributed by atoms with van der Waals surface area (Å²) in [5.41, 5.74) is -1.82. The monoisotopic (exact) mass is 483 g/mol. The Kier molecular flexibility index (Phi) is 5.70. The highest BCUT2D eigenvalue weighted by Crippen LogP contribution is 2.50. The summed E-state index contributed by atoms with van der Waals surface area (Å²) in [6.07, 6.45) is -2.56. The van der Waals surface area contributed by atoms with E-state index in [9.17, 15) is 22.7 Å². The molecule has 1 saturated carbocycles. The summed E-state index contributed by atoms with van der Waals surface area (Å²) in [6.45, 7) is 0.942. The van der Waals surface area contributed by atoms with E-state index in [0.717, 1.165) is 30.2 Å².